The molecule has 0 saturated carbocycles. The molecule has 0 aliphatic rings. The Labute approximate surface area is 241 Å². The minimum absolute atomic E-state index is 0.0367. The molecule has 8 rings (SSSR count). The fourth-order valence-electron chi connectivity index (χ4n) is 5.95. The van der Waals surface area contributed by atoms with Gasteiger partial charge in [0, 0.05) is 62.3 Å². The molecule has 0 aliphatic carbocycles. The van der Waals surface area contributed by atoms with Crippen LogP contribution >= 0.6 is 0 Å². The number of nitrogens with one attached hydrogen (secondary N) is 2. The van der Waals surface area contributed by atoms with E-state index in [1.54, 1.807) is 37.5 Å². The highest BCUT2D eigenvalue weighted by Crippen LogP contribution is 2.40. The van der Waals surface area contributed by atoms with Crippen LogP contribution in [-0.2, 0) is 0 Å². The van der Waals surface area contributed by atoms with Crippen LogP contribution in [0.15, 0.2) is 91.3 Å². The van der Waals surface area contributed by atoms with Gasteiger partial charge in [-0.05, 0) is 61.0 Å². The molecule has 4 heterocycles. The number of aromatic amines is 2. The zero-order valence-electron chi connectivity index (χ0n) is 22.6. The largest absolute Gasteiger partial charge is 0.360 e. The van der Waals surface area contributed by atoms with Crippen LogP contribution in [0.4, 0.5) is 17.6 Å². The number of aryl methyl sites for hydroxylation is 1. The molecule has 0 spiro atoms. The highest BCUT2D eigenvalue weighted by Gasteiger charge is 2.21. The quantitative estimate of drug-likeness (QED) is 0.207. The molecule has 4 nitrogen and oxygen atoms in total. The van der Waals surface area contributed by atoms with Crippen LogP contribution < -0.4 is 0 Å². The first-order valence-corrected chi connectivity index (χ1v) is 13.6. The predicted octanol–water partition coefficient (Wildman–Crippen LogP) is 9.61. The Morgan fingerprint density at radius 1 is 0.558 bits per heavy atom. The normalized spacial score (nSPS) is 11.8. The maximum atomic E-state index is 16.2. The lowest BCUT2D eigenvalue weighted by atomic mass is 9.94. The average Bonchev–Trinajstić information content (AvgIpc) is 3.65. The number of rotatable bonds is 3. The number of hydrogen-bond acceptors (Lipinski definition) is 2. The number of hydrogen-bond donors (Lipinski definition) is 2. The summed E-state index contributed by atoms with van der Waals surface area (Å²) in [6, 6.07) is 21.8. The summed E-state index contributed by atoms with van der Waals surface area (Å²) in [4.78, 5) is 15.5. The van der Waals surface area contributed by atoms with Gasteiger partial charge in [-0.3, -0.25) is 0 Å². The van der Waals surface area contributed by atoms with Gasteiger partial charge >= 0.3 is 0 Å². The van der Waals surface area contributed by atoms with E-state index in [2.05, 4.69) is 9.97 Å². The monoisotopic (exact) mass is 572 g/mol. The molecule has 0 atom stereocenters. The average molecular weight is 573 g/mol. The zero-order chi connectivity index (χ0) is 29.4. The Morgan fingerprint density at radius 2 is 1.30 bits per heavy atom. The van der Waals surface area contributed by atoms with E-state index in [0.29, 0.717) is 55.6 Å². The van der Waals surface area contributed by atoms with Crippen LogP contribution in [0.1, 0.15) is 5.56 Å². The first kappa shape index (κ1) is 25.2. The van der Waals surface area contributed by atoms with Gasteiger partial charge in [-0.2, -0.15) is 0 Å². The molecule has 0 bridgehead atoms. The van der Waals surface area contributed by atoms with E-state index in [-0.39, 0.29) is 11.3 Å². The molecule has 0 fully saturated rings. The highest BCUT2D eigenvalue weighted by atomic mass is 19.2. The van der Waals surface area contributed by atoms with Crippen molar-refractivity contribution in [2.45, 2.75) is 6.92 Å². The summed E-state index contributed by atoms with van der Waals surface area (Å²) in [5, 5.41) is 2.76. The van der Waals surface area contributed by atoms with E-state index in [4.69, 9.17) is 9.97 Å². The summed E-state index contributed by atoms with van der Waals surface area (Å²) >= 11 is 0. The Morgan fingerprint density at radius 3 is 2.16 bits per heavy atom. The topological polar surface area (TPSA) is 57.4 Å². The smallest absolute Gasteiger partial charge is 0.182 e. The second-order valence-electron chi connectivity index (χ2n) is 10.6. The van der Waals surface area contributed by atoms with Crippen molar-refractivity contribution in [2.75, 3.05) is 0 Å². The third-order valence-corrected chi connectivity index (χ3v) is 8.11. The molecule has 43 heavy (non-hydrogen) atoms. The molecule has 0 aliphatic heterocycles. The van der Waals surface area contributed by atoms with E-state index in [1.165, 1.54) is 18.2 Å². The number of halogens is 4. The van der Waals surface area contributed by atoms with E-state index < -0.39 is 17.5 Å². The van der Waals surface area contributed by atoms with Gasteiger partial charge in [-0.25, -0.2) is 27.5 Å². The number of benzene rings is 4. The minimum Gasteiger partial charge on any atom is -0.360 e. The van der Waals surface area contributed by atoms with Gasteiger partial charge in [-0.1, -0.05) is 24.3 Å². The molecule has 0 unspecified atom stereocenters. The lowest BCUT2D eigenvalue weighted by Gasteiger charge is -2.13. The summed E-state index contributed by atoms with van der Waals surface area (Å²) in [5.74, 6) is -2.70. The summed E-state index contributed by atoms with van der Waals surface area (Å²) in [6.07, 6.45) is 3.36. The van der Waals surface area contributed by atoms with Gasteiger partial charge < -0.3 is 9.97 Å². The molecule has 2 N–H and O–H groups in total. The Bertz CT molecular complexity index is 2420. The van der Waals surface area contributed by atoms with Crippen molar-refractivity contribution in [2.24, 2.45) is 0 Å². The van der Waals surface area contributed by atoms with Gasteiger partial charge in [-0.15, -0.1) is 0 Å². The summed E-state index contributed by atoms with van der Waals surface area (Å²) in [6.45, 7) is 1.71. The number of pyridine rings is 2. The molecular formula is C35H20F4N4. The van der Waals surface area contributed by atoms with E-state index in [0.717, 1.165) is 27.8 Å². The Kier molecular flexibility index (Phi) is 5.43. The maximum absolute atomic E-state index is 16.2. The SMILES string of the molecule is Cc1c(F)c(-c2cc(-c3c[nH]c4c(F)c(F)ccc34)nc3ccccc23)cc2c(-c3ccc4ccc(F)cc4n3)c[nH]c12. The number of aromatic nitrogens is 4. The number of nitrogens with zero attached hydrogens (tertiary/aromatic N) is 2. The molecule has 0 saturated heterocycles. The molecule has 4 aromatic carbocycles. The number of para-hydroxylation sites is 1. The van der Waals surface area contributed by atoms with Crippen LogP contribution in [0.2, 0.25) is 0 Å². The summed E-state index contributed by atoms with van der Waals surface area (Å²) in [7, 11) is 0. The molecule has 8 heteroatoms. The van der Waals surface area contributed by atoms with E-state index >= 15 is 4.39 Å². The van der Waals surface area contributed by atoms with Crippen LogP contribution in [-0.4, -0.2) is 19.9 Å². The zero-order valence-corrected chi connectivity index (χ0v) is 22.6. The molecule has 4 aromatic heterocycles. The van der Waals surface area contributed by atoms with Gasteiger partial charge in [0.1, 0.15) is 11.6 Å². The van der Waals surface area contributed by atoms with Crippen molar-refractivity contribution < 1.29 is 17.6 Å². The van der Waals surface area contributed by atoms with Crippen LogP contribution in [0.5, 0.6) is 0 Å². The first-order chi connectivity index (χ1) is 20.9. The molecular weight excluding hydrogens is 552 g/mol. The standard InChI is InChI=1S/C35H20F4N4/c1-17-32(38)23(13-24-26(16-40-34(17)24)29-11-7-18-6-8-19(36)12-30(18)42-29)22-14-31(43-28-5-3-2-4-20(22)28)25-15-41-35-21(25)9-10-27(37)33(35)39/h2-16,40-41H,1H3. The third-order valence-electron chi connectivity index (χ3n) is 8.11. The second-order valence-corrected chi connectivity index (χ2v) is 10.6. The van der Waals surface area contributed by atoms with Crippen molar-refractivity contribution in [3.63, 3.8) is 0 Å². The molecule has 208 valence electrons. The number of fused-ring (bicyclic) bond motifs is 4. The van der Waals surface area contributed by atoms with Gasteiger partial charge in [0.15, 0.2) is 11.6 Å². The van der Waals surface area contributed by atoms with Gasteiger partial charge in [0.2, 0.25) is 0 Å². The lowest BCUT2D eigenvalue weighted by Crippen LogP contribution is -1.95. The van der Waals surface area contributed by atoms with Crippen molar-refractivity contribution in [3.05, 3.63) is 120 Å². The van der Waals surface area contributed by atoms with E-state index in [9.17, 15) is 13.2 Å². The van der Waals surface area contributed by atoms with Crippen molar-refractivity contribution in [1.82, 2.24) is 19.9 Å². The number of H-pyrrole nitrogens is 2. The molecule has 0 radical (unpaired) electrons. The fourth-order valence-corrected chi connectivity index (χ4v) is 5.95. The van der Waals surface area contributed by atoms with Crippen LogP contribution in [0, 0.1) is 30.2 Å². The van der Waals surface area contributed by atoms with Crippen molar-refractivity contribution in [1.29, 1.82) is 0 Å². The predicted molar refractivity (Wildman–Crippen MR) is 162 cm³/mol. The third kappa shape index (κ3) is 3.83. The Balaban J connectivity index is 1.38. The molecule has 8 aromatic rings. The van der Waals surface area contributed by atoms with Crippen molar-refractivity contribution >= 4 is 43.6 Å². The Hall–Kier alpha value is -5.50. The van der Waals surface area contributed by atoms with Gasteiger partial charge in [0.05, 0.1) is 33.5 Å². The second kappa shape index (κ2) is 9.25. The fraction of sp³-hybridized carbons (Fsp3) is 0.0286. The van der Waals surface area contributed by atoms with Crippen LogP contribution in [0.3, 0.4) is 0 Å². The highest BCUT2D eigenvalue weighted by molar-refractivity contribution is 6.05. The summed E-state index contributed by atoms with van der Waals surface area (Å²) in [5.41, 5.74) is 5.60. The first-order valence-electron chi connectivity index (χ1n) is 13.6. The molecule has 0 amide bonds. The van der Waals surface area contributed by atoms with Crippen molar-refractivity contribution in [3.8, 4) is 33.6 Å². The van der Waals surface area contributed by atoms with Crippen LogP contribution in [0.25, 0.3) is 77.3 Å². The lowest BCUT2D eigenvalue weighted by molar-refractivity contribution is 0.515. The maximum Gasteiger partial charge on any atom is 0.182 e. The van der Waals surface area contributed by atoms with Gasteiger partial charge in [0.25, 0.3) is 0 Å². The summed E-state index contributed by atoms with van der Waals surface area (Å²) < 4.78 is 58.6. The van der Waals surface area contributed by atoms with E-state index in [1.807, 2.05) is 36.4 Å². The minimum atomic E-state index is -0.970.